The molecule has 1 amide bonds. The fraction of sp³-hybridized carbons (Fsp3) is 0.500. The minimum absolute atomic E-state index is 0.0953. The molecule has 0 atom stereocenters. The number of ether oxygens (including phenoxy) is 1. The van der Waals surface area contributed by atoms with Gasteiger partial charge in [-0.25, -0.2) is 9.97 Å². The fourth-order valence-corrected chi connectivity index (χ4v) is 2.01. The quantitative estimate of drug-likeness (QED) is 0.786. The Morgan fingerprint density at radius 1 is 1.53 bits per heavy atom. The number of nitrogens with zero attached hydrogens (tertiary/aromatic N) is 2. The smallest absolute Gasteiger partial charge is 0.225 e. The van der Waals surface area contributed by atoms with Gasteiger partial charge in [0.05, 0.1) is 6.20 Å². The van der Waals surface area contributed by atoms with E-state index in [4.69, 9.17) is 4.74 Å². The van der Waals surface area contributed by atoms with Gasteiger partial charge in [0.25, 0.3) is 0 Å². The molecule has 0 bridgehead atoms. The van der Waals surface area contributed by atoms with Gasteiger partial charge in [0, 0.05) is 19.6 Å². The topological polar surface area (TPSA) is 64.1 Å². The molecule has 5 nitrogen and oxygen atoms in total. The monoisotopic (exact) mass is 365 g/mol. The van der Waals surface area contributed by atoms with E-state index in [2.05, 4.69) is 47.1 Å². The zero-order valence-electron chi connectivity index (χ0n) is 9.37. The number of halogens is 2. The second kappa shape index (κ2) is 7.73. The number of hydrogen-bond acceptors (Lipinski definition) is 4. The van der Waals surface area contributed by atoms with Crippen LogP contribution < -0.4 is 5.32 Å². The van der Waals surface area contributed by atoms with Gasteiger partial charge in [-0.3, -0.25) is 4.79 Å². The minimum atomic E-state index is -0.0953. The molecule has 1 N–H and O–H groups in total. The third-order valence-electron chi connectivity index (χ3n) is 1.86. The van der Waals surface area contributed by atoms with Crippen LogP contribution in [0.2, 0.25) is 0 Å². The lowest BCUT2D eigenvalue weighted by atomic mass is 10.3. The molecule has 0 aliphatic carbocycles. The Balaban J connectivity index is 2.40. The molecule has 0 saturated heterocycles. The Labute approximate surface area is 117 Å². The second-order valence-electron chi connectivity index (χ2n) is 3.18. The minimum Gasteiger partial charge on any atom is -0.382 e. The highest BCUT2D eigenvalue weighted by Crippen LogP contribution is 2.19. The molecule has 1 heterocycles. The van der Waals surface area contributed by atoms with Gasteiger partial charge in [-0.2, -0.15) is 0 Å². The van der Waals surface area contributed by atoms with Gasteiger partial charge in [0.15, 0.2) is 5.82 Å². The average Bonchev–Trinajstić information content (AvgIpc) is 2.28. The summed E-state index contributed by atoms with van der Waals surface area (Å²) in [6.45, 7) is 3.19. The predicted octanol–water partition coefficient (Wildman–Crippen LogP) is 2.76. The summed E-state index contributed by atoms with van der Waals surface area (Å²) >= 11 is 6.41. The van der Waals surface area contributed by atoms with Gasteiger partial charge in [-0.1, -0.05) is 0 Å². The van der Waals surface area contributed by atoms with Gasteiger partial charge < -0.3 is 10.1 Å². The molecule has 0 aliphatic rings. The molecule has 0 fully saturated rings. The maximum absolute atomic E-state index is 11.5. The lowest BCUT2D eigenvalue weighted by molar-refractivity contribution is -0.116. The van der Waals surface area contributed by atoms with Crippen molar-refractivity contribution in [2.45, 2.75) is 19.8 Å². The van der Waals surface area contributed by atoms with Crippen LogP contribution in [0.4, 0.5) is 5.82 Å². The highest BCUT2D eigenvalue weighted by Gasteiger charge is 2.08. The summed E-state index contributed by atoms with van der Waals surface area (Å²) in [4.78, 5) is 19.7. The summed E-state index contributed by atoms with van der Waals surface area (Å²) in [7, 11) is 0. The summed E-state index contributed by atoms with van der Waals surface area (Å²) in [6.07, 6.45) is 2.63. The largest absolute Gasteiger partial charge is 0.382 e. The molecule has 0 aliphatic heterocycles. The van der Waals surface area contributed by atoms with Crippen molar-refractivity contribution >= 4 is 43.6 Å². The van der Waals surface area contributed by atoms with E-state index in [-0.39, 0.29) is 5.91 Å². The van der Waals surface area contributed by atoms with Crippen LogP contribution in [-0.4, -0.2) is 29.1 Å². The maximum Gasteiger partial charge on any atom is 0.225 e. The molecular formula is C10H13Br2N3O2. The van der Waals surface area contributed by atoms with Crippen LogP contribution >= 0.6 is 31.9 Å². The van der Waals surface area contributed by atoms with E-state index >= 15 is 0 Å². The number of anilines is 1. The number of hydrogen-bond donors (Lipinski definition) is 1. The van der Waals surface area contributed by atoms with Gasteiger partial charge >= 0.3 is 0 Å². The molecule has 1 aromatic rings. The van der Waals surface area contributed by atoms with Crippen molar-refractivity contribution in [2.24, 2.45) is 0 Å². The van der Waals surface area contributed by atoms with Gasteiger partial charge in [0.2, 0.25) is 5.91 Å². The Bertz CT molecular complexity index is 388. The predicted molar refractivity (Wildman–Crippen MR) is 71.8 cm³/mol. The van der Waals surface area contributed by atoms with Gasteiger partial charge in [-0.05, 0) is 45.2 Å². The molecule has 7 heteroatoms. The first kappa shape index (κ1) is 14.5. The zero-order valence-corrected chi connectivity index (χ0v) is 12.5. The molecular weight excluding hydrogens is 354 g/mol. The van der Waals surface area contributed by atoms with E-state index in [9.17, 15) is 4.79 Å². The van der Waals surface area contributed by atoms with Crippen LogP contribution in [0.5, 0.6) is 0 Å². The fourth-order valence-electron chi connectivity index (χ4n) is 1.10. The number of nitrogens with one attached hydrogen (secondary N) is 1. The first-order chi connectivity index (χ1) is 8.13. The summed E-state index contributed by atoms with van der Waals surface area (Å²) in [6, 6.07) is 0. The highest BCUT2D eigenvalue weighted by molar-refractivity contribution is 9.11. The Morgan fingerprint density at radius 3 is 2.94 bits per heavy atom. The van der Waals surface area contributed by atoms with Crippen LogP contribution in [0, 0.1) is 0 Å². The van der Waals surface area contributed by atoms with E-state index in [1.54, 1.807) is 0 Å². The summed E-state index contributed by atoms with van der Waals surface area (Å²) in [5, 5.41) is 2.68. The molecule has 0 spiro atoms. The Kier molecular flexibility index (Phi) is 6.61. The van der Waals surface area contributed by atoms with Crippen molar-refractivity contribution < 1.29 is 9.53 Å². The van der Waals surface area contributed by atoms with E-state index in [1.165, 1.54) is 6.20 Å². The van der Waals surface area contributed by atoms with Crippen molar-refractivity contribution in [3.05, 3.63) is 15.4 Å². The Morgan fingerprint density at radius 2 is 2.29 bits per heavy atom. The standard InChI is InChI=1S/C10H13Br2N3O2/c1-2-17-5-3-4-8(16)15-10-9(12)14-7(11)6-13-10/h6H,2-5H2,1H3,(H,13,15,16). The summed E-state index contributed by atoms with van der Waals surface area (Å²) in [5.74, 6) is 0.330. The van der Waals surface area contributed by atoms with Crippen molar-refractivity contribution in [1.82, 2.24) is 9.97 Å². The molecule has 1 aromatic heterocycles. The molecule has 1 rings (SSSR count). The first-order valence-corrected chi connectivity index (χ1v) is 6.77. The molecule has 0 aromatic carbocycles. The lowest BCUT2D eigenvalue weighted by Crippen LogP contribution is -2.14. The van der Waals surface area contributed by atoms with Crippen molar-refractivity contribution in [1.29, 1.82) is 0 Å². The molecule has 0 saturated carbocycles. The van der Waals surface area contributed by atoms with E-state index in [1.807, 2.05) is 6.92 Å². The molecule has 94 valence electrons. The third-order valence-corrected chi connectivity index (χ3v) is 2.79. The Hall–Kier alpha value is -0.530. The van der Waals surface area contributed by atoms with Crippen LogP contribution in [-0.2, 0) is 9.53 Å². The van der Waals surface area contributed by atoms with Crippen LogP contribution in [0.3, 0.4) is 0 Å². The average molecular weight is 367 g/mol. The van der Waals surface area contributed by atoms with Gasteiger partial charge in [-0.15, -0.1) is 0 Å². The summed E-state index contributed by atoms with van der Waals surface area (Å²) < 4.78 is 6.26. The first-order valence-electron chi connectivity index (χ1n) is 5.19. The van der Waals surface area contributed by atoms with Gasteiger partial charge in [0.1, 0.15) is 9.21 Å². The van der Waals surface area contributed by atoms with Crippen molar-refractivity contribution in [2.75, 3.05) is 18.5 Å². The molecule has 0 unspecified atom stereocenters. The zero-order chi connectivity index (χ0) is 12.7. The van der Waals surface area contributed by atoms with E-state index in [0.717, 1.165) is 0 Å². The number of rotatable bonds is 6. The number of aromatic nitrogens is 2. The SMILES string of the molecule is CCOCCCC(=O)Nc1ncc(Br)nc1Br. The number of carbonyl (C=O) groups is 1. The maximum atomic E-state index is 11.5. The highest BCUT2D eigenvalue weighted by atomic mass is 79.9. The van der Waals surface area contributed by atoms with E-state index < -0.39 is 0 Å². The molecule has 0 radical (unpaired) electrons. The van der Waals surface area contributed by atoms with Crippen LogP contribution in [0.1, 0.15) is 19.8 Å². The van der Waals surface area contributed by atoms with E-state index in [0.29, 0.717) is 41.1 Å². The van der Waals surface area contributed by atoms with Crippen molar-refractivity contribution in [3.8, 4) is 0 Å². The van der Waals surface area contributed by atoms with Crippen molar-refractivity contribution in [3.63, 3.8) is 0 Å². The summed E-state index contributed by atoms with van der Waals surface area (Å²) in [5.41, 5.74) is 0. The van der Waals surface area contributed by atoms with Crippen LogP contribution in [0.25, 0.3) is 0 Å². The molecule has 17 heavy (non-hydrogen) atoms. The third kappa shape index (κ3) is 5.56. The normalized spacial score (nSPS) is 10.3. The number of amides is 1. The number of carbonyl (C=O) groups excluding carboxylic acids is 1. The lowest BCUT2D eigenvalue weighted by Gasteiger charge is -2.06. The second-order valence-corrected chi connectivity index (χ2v) is 4.74. The van der Waals surface area contributed by atoms with Crippen LogP contribution in [0.15, 0.2) is 15.4 Å².